The molecule has 0 fully saturated rings. The van der Waals surface area contributed by atoms with Crippen LogP contribution in [0.4, 0.5) is 0 Å². The summed E-state index contributed by atoms with van der Waals surface area (Å²) < 4.78 is 0. The lowest BCUT2D eigenvalue weighted by atomic mass is 9.94. The molecule has 21 heavy (non-hydrogen) atoms. The third-order valence-corrected chi connectivity index (χ3v) is 5.00. The molecule has 0 N–H and O–H groups in total. The van der Waals surface area contributed by atoms with Crippen LogP contribution in [0.15, 0.2) is 54.6 Å². The minimum absolute atomic E-state index is 0.140. The minimum atomic E-state index is 0.140. The molecule has 0 aliphatic rings. The number of hydrogen-bond donors (Lipinski definition) is 0. The van der Waals surface area contributed by atoms with E-state index < -0.39 is 0 Å². The molecule has 0 radical (unpaired) electrons. The smallest absolute Gasteiger partial charge is 0.0653 e. The molecule has 3 rings (SSSR count). The van der Waals surface area contributed by atoms with Crippen molar-refractivity contribution in [3.05, 3.63) is 81.9 Å². The number of aryl methyl sites for hydroxylation is 2. The average Bonchev–Trinajstić information content (AvgIpc) is 2.45. The molecule has 1 atom stereocenters. The van der Waals surface area contributed by atoms with Gasteiger partial charge in [-0.05, 0) is 59.0 Å². The third kappa shape index (κ3) is 2.86. The Hall–Kier alpha value is -1.31. The highest BCUT2D eigenvalue weighted by molar-refractivity contribution is 9.09. The molecule has 0 aliphatic carbocycles. The van der Waals surface area contributed by atoms with Gasteiger partial charge < -0.3 is 0 Å². The summed E-state index contributed by atoms with van der Waals surface area (Å²) >= 11 is 10.1. The molecule has 1 unspecified atom stereocenters. The molecule has 0 amide bonds. The van der Waals surface area contributed by atoms with E-state index in [1.807, 2.05) is 12.1 Å². The second-order valence-corrected chi connectivity index (χ2v) is 6.79. The van der Waals surface area contributed by atoms with Gasteiger partial charge in [-0.3, -0.25) is 0 Å². The monoisotopic (exact) mass is 358 g/mol. The van der Waals surface area contributed by atoms with Crippen LogP contribution in [-0.4, -0.2) is 0 Å². The Bertz CT molecular complexity index is 788. The van der Waals surface area contributed by atoms with E-state index in [0.29, 0.717) is 0 Å². The van der Waals surface area contributed by atoms with Crippen molar-refractivity contribution in [1.82, 2.24) is 0 Å². The van der Waals surface area contributed by atoms with Gasteiger partial charge in [0.1, 0.15) is 0 Å². The molecule has 3 aromatic rings. The maximum atomic E-state index is 6.22. The first-order chi connectivity index (χ1) is 10.1. The Labute approximate surface area is 138 Å². The summed E-state index contributed by atoms with van der Waals surface area (Å²) in [6, 6.07) is 19.1. The van der Waals surface area contributed by atoms with Crippen LogP contribution in [0.1, 0.15) is 27.1 Å². The summed E-state index contributed by atoms with van der Waals surface area (Å²) in [5.41, 5.74) is 4.97. The SMILES string of the molecule is Cc1cc(Cl)cc(C(Br)c2c(C)ccc3ccccc23)c1. The van der Waals surface area contributed by atoms with Gasteiger partial charge in [-0.25, -0.2) is 0 Å². The zero-order chi connectivity index (χ0) is 15.0. The molecule has 0 heterocycles. The summed E-state index contributed by atoms with van der Waals surface area (Å²) in [6.45, 7) is 4.23. The lowest BCUT2D eigenvalue weighted by Gasteiger charge is -2.17. The van der Waals surface area contributed by atoms with Crippen molar-refractivity contribution in [3.8, 4) is 0 Å². The van der Waals surface area contributed by atoms with Gasteiger partial charge in [0.15, 0.2) is 0 Å². The molecular weight excluding hydrogens is 344 g/mol. The molecule has 0 spiro atoms. The number of alkyl halides is 1. The van der Waals surface area contributed by atoms with Crippen LogP contribution in [-0.2, 0) is 0 Å². The highest BCUT2D eigenvalue weighted by Gasteiger charge is 2.16. The van der Waals surface area contributed by atoms with Crippen molar-refractivity contribution < 1.29 is 0 Å². The predicted molar refractivity (Wildman–Crippen MR) is 95.6 cm³/mol. The van der Waals surface area contributed by atoms with Gasteiger partial charge in [0.2, 0.25) is 0 Å². The quantitative estimate of drug-likeness (QED) is 0.452. The maximum Gasteiger partial charge on any atom is 0.0653 e. The zero-order valence-electron chi connectivity index (χ0n) is 12.0. The fraction of sp³-hybridized carbons (Fsp3) is 0.158. The molecular formula is C19H16BrCl. The van der Waals surface area contributed by atoms with Crippen molar-refractivity contribution in [3.63, 3.8) is 0 Å². The second-order valence-electron chi connectivity index (χ2n) is 5.44. The van der Waals surface area contributed by atoms with E-state index in [0.717, 1.165) is 5.02 Å². The average molecular weight is 360 g/mol. The molecule has 0 bridgehead atoms. The molecule has 2 heteroatoms. The van der Waals surface area contributed by atoms with Crippen LogP contribution < -0.4 is 0 Å². The van der Waals surface area contributed by atoms with Gasteiger partial charge in [-0.2, -0.15) is 0 Å². The topological polar surface area (TPSA) is 0 Å². The van der Waals surface area contributed by atoms with Gasteiger partial charge in [0, 0.05) is 5.02 Å². The normalized spacial score (nSPS) is 12.6. The first-order valence-corrected chi connectivity index (χ1v) is 8.25. The first-order valence-electron chi connectivity index (χ1n) is 6.95. The Morgan fingerprint density at radius 1 is 0.952 bits per heavy atom. The van der Waals surface area contributed by atoms with E-state index in [4.69, 9.17) is 11.6 Å². The molecule has 0 saturated carbocycles. The summed E-state index contributed by atoms with van der Waals surface area (Å²) in [6.07, 6.45) is 0. The molecule has 0 aliphatic heterocycles. The predicted octanol–water partition coefficient (Wildman–Crippen LogP) is 6.59. The van der Waals surface area contributed by atoms with E-state index in [2.05, 4.69) is 72.2 Å². The van der Waals surface area contributed by atoms with Crippen molar-refractivity contribution in [2.24, 2.45) is 0 Å². The molecule has 106 valence electrons. The van der Waals surface area contributed by atoms with Gasteiger partial charge in [0.25, 0.3) is 0 Å². The van der Waals surface area contributed by atoms with E-state index in [1.54, 1.807) is 0 Å². The minimum Gasteiger partial charge on any atom is -0.0843 e. The second kappa shape index (κ2) is 5.82. The summed E-state index contributed by atoms with van der Waals surface area (Å²) in [4.78, 5) is 0.140. The summed E-state index contributed by atoms with van der Waals surface area (Å²) in [7, 11) is 0. The Balaban J connectivity index is 2.21. The van der Waals surface area contributed by atoms with Crippen LogP contribution >= 0.6 is 27.5 Å². The van der Waals surface area contributed by atoms with Crippen molar-refractivity contribution in [2.45, 2.75) is 18.7 Å². The number of halogens is 2. The summed E-state index contributed by atoms with van der Waals surface area (Å²) in [5.74, 6) is 0. The Kier molecular flexibility index (Phi) is 4.05. The molecule has 0 aromatic heterocycles. The van der Waals surface area contributed by atoms with Gasteiger partial charge in [0.05, 0.1) is 4.83 Å². The highest BCUT2D eigenvalue weighted by Crippen LogP contribution is 2.38. The van der Waals surface area contributed by atoms with E-state index in [9.17, 15) is 0 Å². The molecule has 3 aromatic carbocycles. The Morgan fingerprint density at radius 2 is 1.71 bits per heavy atom. The largest absolute Gasteiger partial charge is 0.0843 e. The van der Waals surface area contributed by atoms with Crippen molar-refractivity contribution in [2.75, 3.05) is 0 Å². The van der Waals surface area contributed by atoms with Gasteiger partial charge in [-0.15, -0.1) is 0 Å². The summed E-state index contributed by atoms with van der Waals surface area (Å²) in [5, 5.41) is 3.34. The van der Waals surface area contributed by atoms with Crippen LogP contribution in [0.25, 0.3) is 10.8 Å². The molecule has 0 nitrogen and oxygen atoms in total. The van der Waals surface area contributed by atoms with Crippen LogP contribution in [0.3, 0.4) is 0 Å². The fourth-order valence-electron chi connectivity index (χ4n) is 2.82. The van der Waals surface area contributed by atoms with Gasteiger partial charge in [-0.1, -0.05) is 70.0 Å². The van der Waals surface area contributed by atoms with E-state index >= 15 is 0 Å². The number of fused-ring (bicyclic) bond motifs is 1. The highest BCUT2D eigenvalue weighted by atomic mass is 79.9. The van der Waals surface area contributed by atoms with Crippen molar-refractivity contribution >= 4 is 38.3 Å². The van der Waals surface area contributed by atoms with Crippen LogP contribution in [0.2, 0.25) is 5.02 Å². The van der Waals surface area contributed by atoms with E-state index in [1.165, 1.54) is 33.0 Å². The Morgan fingerprint density at radius 3 is 2.48 bits per heavy atom. The maximum absolute atomic E-state index is 6.22. The zero-order valence-corrected chi connectivity index (χ0v) is 14.4. The lowest BCUT2D eigenvalue weighted by molar-refractivity contribution is 1.16. The lowest BCUT2D eigenvalue weighted by Crippen LogP contribution is -1.98. The van der Waals surface area contributed by atoms with Crippen LogP contribution in [0, 0.1) is 13.8 Å². The van der Waals surface area contributed by atoms with Gasteiger partial charge >= 0.3 is 0 Å². The number of hydrogen-bond acceptors (Lipinski definition) is 0. The fourth-order valence-corrected chi connectivity index (χ4v) is 3.99. The standard InChI is InChI=1S/C19H16BrCl/c1-12-9-15(11-16(21)10-12)19(20)18-13(2)7-8-14-5-3-4-6-17(14)18/h3-11,19H,1-2H3. The van der Waals surface area contributed by atoms with Crippen LogP contribution in [0.5, 0.6) is 0 Å². The number of benzene rings is 3. The number of rotatable bonds is 2. The third-order valence-electron chi connectivity index (χ3n) is 3.80. The van der Waals surface area contributed by atoms with Crippen molar-refractivity contribution in [1.29, 1.82) is 0 Å². The van der Waals surface area contributed by atoms with E-state index in [-0.39, 0.29) is 4.83 Å². The first kappa shape index (κ1) is 14.6. The molecule has 0 saturated heterocycles.